The van der Waals surface area contributed by atoms with Crippen molar-refractivity contribution in [1.82, 2.24) is 19.9 Å². The van der Waals surface area contributed by atoms with Crippen LogP contribution in [0.3, 0.4) is 0 Å². The molecule has 0 fully saturated rings. The van der Waals surface area contributed by atoms with Gasteiger partial charge in [-0.15, -0.1) is 0 Å². The van der Waals surface area contributed by atoms with E-state index in [1.165, 1.54) is 11.5 Å². The number of carbonyl (C=O) groups is 2. The molecule has 0 saturated heterocycles. The average Bonchev–Trinajstić information content (AvgIpc) is 3.07. The molecule has 0 spiro atoms. The first-order valence-electron chi connectivity index (χ1n) is 12.8. The van der Waals surface area contributed by atoms with Crippen molar-refractivity contribution in [3.8, 4) is 0 Å². The number of nitrogens with zero attached hydrogens (tertiary/aromatic N) is 3. The molecule has 1 aliphatic carbocycles. The zero-order valence-corrected chi connectivity index (χ0v) is 23.1. The minimum Gasteiger partial charge on any atom is -0.336 e. The van der Waals surface area contributed by atoms with Crippen LogP contribution < -0.4 is 16.2 Å². The van der Waals surface area contributed by atoms with Gasteiger partial charge < -0.3 is 15.2 Å². The first kappa shape index (κ1) is 27.4. The maximum absolute atomic E-state index is 13.1. The van der Waals surface area contributed by atoms with E-state index < -0.39 is 0 Å². The highest BCUT2D eigenvalue weighted by atomic mass is 16.2. The Morgan fingerprint density at radius 2 is 1.72 bits per heavy atom. The standard InChI is InChI=1S/C31H33N5O3/c1-19-24(9-7-8-10-25(19)35-29(38)22-13-16-27(32-17-22)31(3,4)5)26-18-36(6)30(39)28(34-26)33-23-14-11-21(12-15-23)20(2)37/h8-18H,7H2,1-6H3,(H,33,34)(H,35,38). The van der Waals surface area contributed by atoms with Crippen molar-refractivity contribution in [3.63, 3.8) is 0 Å². The summed E-state index contributed by atoms with van der Waals surface area (Å²) in [4.78, 5) is 46.6. The van der Waals surface area contributed by atoms with Crippen LogP contribution in [0, 0.1) is 0 Å². The fraction of sp³-hybridized carbons (Fsp3) is 0.258. The first-order valence-corrected chi connectivity index (χ1v) is 12.8. The van der Waals surface area contributed by atoms with E-state index in [4.69, 9.17) is 0 Å². The van der Waals surface area contributed by atoms with Crippen LogP contribution in [0.5, 0.6) is 0 Å². The van der Waals surface area contributed by atoms with Gasteiger partial charge in [0.25, 0.3) is 11.5 Å². The predicted molar refractivity (Wildman–Crippen MR) is 154 cm³/mol. The van der Waals surface area contributed by atoms with Gasteiger partial charge in [0, 0.05) is 53.1 Å². The van der Waals surface area contributed by atoms with E-state index in [2.05, 4.69) is 41.4 Å². The lowest BCUT2D eigenvalue weighted by Crippen LogP contribution is -2.24. The number of aryl methyl sites for hydroxylation is 1. The fourth-order valence-corrected chi connectivity index (χ4v) is 4.14. The number of hydrogen-bond acceptors (Lipinski definition) is 6. The SMILES string of the molecule is CC(=O)c1ccc(Nc2nc(C3=CCC=CC(NC(=O)c4ccc(C(C)(C)C)nc4)=C3C)cn(C)c2=O)cc1. The third kappa shape index (κ3) is 6.29. The van der Waals surface area contributed by atoms with E-state index >= 15 is 0 Å². The Morgan fingerprint density at radius 3 is 2.33 bits per heavy atom. The van der Waals surface area contributed by atoms with E-state index in [0.29, 0.717) is 34.6 Å². The Labute approximate surface area is 228 Å². The van der Waals surface area contributed by atoms with Gasteiger partial charge in [-0.2, -0.15) is 0 Å². The van der Waals surface area contributed by atoms with Crippen LogP contribution in [0.25, 0.3) is 5.57 Å². The molecule has 8 nitrogen and oxygen atoms in total. The van der Waals surface area contributed by atoms with Crippen molar-refractivity contribution < 1.29 is 9.59 Å². The third-order valence-electron chi connectivity index (χ3n) is 6.49. The molecular formula is C31H33N5O3. The molecule has 0 aliphatic heterocycles. The van der Waals surface area contributed by atoms with Gasteiger partial charge in [-0.3, -0.25) is 19.4 Å². The molecule has 2 N–H and O–H groups in total. The Bertz CT molecular complexity index is 1570. The Balaban J connectivity index is 1.62. The highest BCUT2D eigenvalue weighted by Crippen LogP contribution is 2.28. The van der Waals surface area contributed by atoms with Crippen molar-refractivity contribution >= 4 is 28.8 Å². The third-order valence-corrected chi connectivity index (χ3v) is 6.49. The molecule has 2 aromatic heterocycles. The van der Waals surface area contributed by atoms with E-state index in [0.717, 1.165) is 16.8 Å². The molecule has 3 aromatic rings. The number of anilines is 2. The summed E-state index contributed by atoms with van der Waals surface area (Å²) < 4.78 is 1.47. The van der Waals surface area contributed by atoms with Gasteiger partial charge in [0.15, 0.2) is 11.6 Å². The molecule has 0 radical (unpaired) electrons. The van der Waals surface area contributed by atoms with Crippen molar-refractivity contribution in [2.75, 3.05) is 5.32 Å². The number of hydrogen-bond donors (Lipinski definition) is 2. The van der Waals surface area contributed by atoms with Crippen LogP contribution in [-0.2, 0) is 12.5 Å². The van der Waals surface area contributed by atoms with Crippen molar-refractivity contribution in [2.24, 2.45) is 7.05 Å². The van der Waals surface area contributed by atoms with E-state index in [9.17, 15) is 14.4 Å². The Kier molecular flexibility index (Phi) is 7.76. The number of carbonyl (C=O) groups excluding carboxylic acids is 2. The smallest absolute Gasteiger partial charge is 0.293 e. The highest BCUT2D eigenvalue weighted by Gasteiger charge is 2.19. The number of rotatable bonds is 6. The van der Waals surface area contributed by atoms with Crippen LogP contribution in [0.2, 0.25) is 0 Å². The van der Waals surface area contributed by atoms with Gasteiger partial charge in [0.1, 0.15) is 0 Å². The molecule has 0 saturated carbocycles. The van der Waals surface area contributed by atoms with Crippen molar-refractivity contribution in [1.29, 1.82) is 0 Å². The molecule has 1 amide bonds. The van der Waals surface area contributed by atoms with E-state index in [1.54, 1.807) is 49.8 Å². The molecule has 0 atom stereocenters. The van der Waals surface area contributed by atoms with Gasteiger partial charge in [-0.25, -0.2) is 4.98 Å². The Morgan fingerprint density at radius 1 is 1.03 bits per heavy atom. The maximum atomic E-state index is 13.1. The normalized spacial score (nSPS) is 13.5. The lowest BCUT2D eigenvalue weighted by Gasteiger charge is -2.18. The van der Waals surface area contributed by atoms with Gasteiger partial charge in [0.05, 0.1) is 11.3 Å². The molecule has 1 aliphatic rings. The minimum absolute atomic E-state index is 0.0326. The minimum atomic E-state index is -0.289. The first-order chi connectivity index (χ1) is 18.4. The number of aromatic nitrogens is 3. The number of pyridine rings is 1. The van der Waals surface area contributed by atoms with E-state index in [1.807, 2.05) is 31.2 Å². The molecule has 39 heavy (non-hydrogen) atoms. The fourth-order valence-electron chi connectivity index (χ4n) is 4.14. The summed E-state index contributed by atoms with van der Waals surface area (Å²) in [7, 11) is 1.67. The maximum Gasteiger partial charge on any atom is 0.293 e. The molecular weight excluding hydrogens is 490 g/mol. The van der Waals surface area contributed by atoms with Gasteiger partial charge in [-0.1, -0.05) is 32.9 Å². The van der Waals surface area contributed by atoms with Gasteiger partial charge >= 0.3 is 0 Å². The number of ketones is 1. The van der Waals surface area contributed by atoms with Gasteiger partial charge in [0.2, 0.25) is 0 Å². The van der Waals surface area contributed by atoms with Crippen LogP contribution in [-0.4, -0.2) is 26.2 Å². The number of Topliss-reactive ketones (excluding diaryl/α,β-unsaturated/α-hetero) is 1. The molecule has 4 rings (SSSR count). The van der Waals surface area contributed by atoms with Crippen LogP contribution in [0.4, 0.5) is 11.5 Å². The molecule has 2 heterocycles. The lowest BCUT2D eigenvalue weighted by molar-refractivity contribution is 0.0965. The second-order valence-electron chi connectivity index (χ2n) is 10.6. The summed E-state index contributed by atoms with van der Waals surface area (Å²) in [5.74, 6) is -0.130. The summed E-state index contributed by atoms with van der Waals surface area (Å²) in [5.41, 5.74) is 5.07. The number of benzene rings is 1. The summed E-state index contributed by atoms with van der Waals surface area (Å²) in [6.45, 7) is 9.65. The molecule has 0 bridgehead atoms. The second-order valence-corrected chi connectivity index (χ2v) is 10.6. The molecule has 1 aromatic carbocycles. The largest absolute Gasteiger partial charge is 0.336 e. The second kappa shape index (κ2) is 11.0. The quantitative estimate of drug-likeness (QED) is 0.415. The number of amides is 1. The topological polar surface area (TPSA) is 106 Å². The zero-order valence-electron chi connectivity index (χ0n) is 23.1. The van der Waals surface area contributed by atoms with Crippen molar-refractivity contribution in [2.45, 2.75) is 46.5 Å². The molecule has 8 heteroatoms. The van der Waals surface area contributed by atoms with Gasteiger partial charge in [-0.05, 0) is 68.3 Å². The van der Waals surface area contributed by atoms with E-state index in [-0.39, 0.29) is 28.5 Å². The number of allylic oxidation sites excluding steroid dienone is 5. The summed E-state index contributed by atoms with van der Waals surface area (Å²) in [5, 5.41) is 6.09. The summed E-state index contributed by atoms with van der Waals surface area (Å²) >= 11 is 0. The summed E-state index contributed by atoms with van der Waals surface area (Å²) in [6.07, 6.45) is 9.77. The highest BCUT2D eigenvalue weighted by molar-refractivity contribution is 5.96. The van der Waals surface area contributed by atoms with Crippen LogP contribution >= 0.6 is 0 Å². The molecule has 0 unspecified atom stereocenters. The molecule has 200 valence electrons. The lowest BCUT2D eigenvalue weighted by atomic mass is 9.91. The Hall–Kier alpha value is -4.59. The number of nitrogens with one attached hydrogen (secondary N) is 2. The summed E-state index contributed by atoms with van der Waals surface area (Å²) in [6, 6.07) is 10.5. The zero-order chi connectivity index (χ0) is 28.3. The predicted octanol–water partition coefficient (Wildman–Crippen LogP) is 5.47. The monoisotopic (exact) mass is 523 g/mol. The van der Waals surface area contributed by atoms with Crippen molar-refractivity contribution in [3.05, 3.63) is 111 Å². The van der Waals surface area contributed by atoms with Crippen LogP contribution in [0.15, 0.2) is 83.1 Å². The van der Waals surface area contributed by atoms with Crippen LogP contribution in [0.1, 0.15) is 73.1 Å². The average molecular weight is 524 g/mol.